The summed E-state index contributed by atoms with van der Waals surface area (Å²) in [7, 11) is 0. The third-order valence-electron chi connectivity index (χ3n) is 3.78. The zero-order valence-electron chi connectivity index (χ0n) is 12.3. The van der Waals surface area contributed by atoms with Crippen molar-refractivity contribution in [2.24, 2.45) is 0 Å². The Hall–Kier alpha value is -2.88. The zero-order valence-corrected chi connectivity index (χ0v) is 12.3. The first-order valence-electron chi connectivity index (χ1n) is 7.11. The van der Waals surface area contributed by atoms with Crippen molar-refractivity contribution in [3.63, 3.8) is 0 Å². The Labute approximate surface area is 126 Å². The van der Waals surface area contributed by atoms with Gasteiger partial charge in [0.2, 0.25) is 0 Å². The van der Waals surface area contributed by atoms with E-state index >= 15 is 0 Å². The minimum atomic E-state index is -0.382. The topological polar surface area (TPSA) is 58.9 Å². The van der Waals surface area contributed by atoms with Crippen molar-refractivity contribution in [1.82, 2.24) is 9.97 Å². The summed E-state index contributed by atoms with van der Waals surface area (Å²) in [5.74, 6) is 0.540. The Morgan fingerprint density at radius 2 is 1.77 bits per heavy atom. The number of nitrogens with one attached hydrogen (secondary N) is 1. The molecule has 4 nitrogen and oxygen atoms in total. The molecule has 1 N–H and O–H groups in total. The Bertz CT molecular complexity index is 1070. The molecule has 0 fully saturated rings. The van der Waals surface area contributed by atoms with E-state index in [1.807, 2.05) is 56.3 Å². The van der Waals surface area contributed by atoms with Gasteiger partial charge in [0.15, 0.2) is 0 Å². The maximum atomic E-state index is 12.2. The summed E-state index contributed by atoms with van der Waals surface area (Å²) in [6, 6.07) is 13.5. The zero-order chi connectivity index (χ0) is 15.3. The van der Waals surface area contributed by atoms with Gasteiger partial charge in [-0.05, 0) is 49.7 Å². The largest absolute Gasteiger partial charge is 0.422 e. The molecular weight excluding hydrogens is 276 g/mol. The summed E-state index contributed by atoms with van der Waals surface area (Å²) in [4.78, 5) is 19.9. The van der Waals surface area contributed by atoms with Gasteiger partial charge in [0.1, 0.15) is 17.0 Å². The van der Waals surface area contributed by atoms with Crippen molar-refractivity contribution in [1.29, 1.82) is 0 Å². The maximum Gasteiger partial charge on any atom is 0.347 e. The number of H-pyrrole nitrogens is 1. The monoisotopic (exact) mass is 290 g/mol. The van der Waals surface area contributed by atoms with Gasteiger partial charge in [-0.1, -0.05) is 17.7 Å². The van der Waals surface area contributed by atoms with Crippen LogP contribution in [-0.4, -0.2) is 9.97 Å². The molecule has 0 spiro atoms. The Balaban J connectivity index is 1.98. The summed E-state index contributed by atoms with van der Waals surface area (Å²) in [5, 5.41) is 0.895. The van der Waals surface area contributed by atoms with Gasteiger partial charge < -0.3 is 9.40 Å². The fraction of sp³-hybridized carbons (Fsp3) is 0.111. The van der Waals surface area contributed by atoms with E-state index in [1.54, 1.807) is 0 Å². The molecule has 0 saturated heterocycles. The van der Waals surface area contributed by atoms with Gasteiger partial charge >= 0.3 is 5.63 Å². The highest BCUT2D eigenvalue weighted by atomic mass is 16.4. The molecular formula is C18H14N2O2. The van der Waals surface area contributed by atoms with E-state index in [0.29, 0.717) is 17.0 Å². The van der Waals surface area contributed by atoms with Crippen LogP contribution in [0.4, 0.5) is 0 Å². The van der Waals surface area contributed by atoms with Crippen molar-refractivity contribution >= 4 is 22.0 Å². The van der Waals surface area contributed by atoms with E-state index in [-0.39, 0.29) is 5.63 Å². The molecule has 0 bridgehead atoms. The Morgan fingerprint density at radius 1 is 1.00 bits per heavy atom. The van der Waals surface area contributed by atoms with Gasteiger partial charge in [0, 0.05) is 5.39 Å². The van der Waals surface area contributed by atoms with Gasteiger partial charge in [0.05, 0.1) is 11.0 Å². The predicted molar refractivity (Wildman–Crippen MR) is 87.0 cm³/mol. The van der Waals surface area contributed by atoms with Crippen molar-refractivity contribution in [2.75, 3.05) is 0 Å². The normalized spacial score (nSPS) is 11.4. The minimum absolute atomic E-state index is 0.382. The summed E-state index contributed by atoms with van der Waals surface area (Å²) >= 11 is 0. The van der Waals surface area contributed by atoms with Crippen LogP contribution in [0.3, 0.4) is 0 Å². The molecule has 0 atom stereocenters. The van der Waals surface area contributed by atoms with Crippen molar-refractivity contribution in [3.8, 4) is 11.4 Å². The number of benzene rings is 2. The molecule has 2 aromatic heterocycles. The predicted octanol–water partition coefficient (Wildman–Crippen LogP) is 3.95. The van der Waals surface area contributed by atoms with Crippen LogP contribution in [0.15, 0.2) is 51.7 Å². The lowest BCUT2D eigenvalue weighted by molar-refractivity contribution is 0.563. The SMILES string of the molecule is Cc1ccc2oc(=O)c(-c3nc4ccc(C)cc4[nH]3)cc2c1. The number of imidazole rings is 1. The Morgan fingerprint density at radius 3 is 2.64 bits per heavy atom. The molecule has 4 aromatic rings. The average Bonchev–Trinajstić information content (AvgIpc) is 2.89. The molecule has 0 aliphatic heterocycles. The lowest BCUT2D eigenvalue weighted by atomic mass is 10.1. The van der Waals surface area contributed by atoms with Crippen LogP contribution in [0.5, 0.6) is 0 Å². The summed E-state index contributed by atoms with van der Waals surface area (Å²) in [6.45, 7) is 4.03. The second kappa shape index (κ2) is 4.56. The molecule has 0 aliphatic rings. The number of hydrogen-bond acceptors (Lipinski definition) is 3. The highest BCUT2D eigenvalue weighted by molar-refractivity contribution is 5.84. The number of aromatic nitrogens is 2. The minimum Gasteiger partial charge on any atom is -0.422 e. The molecule has 0 aliphatic carbocycles. The van der Waals surface area contributed by atoms with Crippen molar-refractivity contribution in [3.05, 3.63) is 64.0 Å². The van der Waals surface area contributed by atoms with Crippen molar-refractivity contribution < 1.29 is 4.42 Å². The van der Waals surface area contributed by atoms with Gasteiger partial charge in [-0.25, -0.2) is 9.78 Å². The van der Waals surface area contributed by atoms with Gasteiger partial charge in [-0.3, -0.25) is 0 Å². The number of nitrogens with zero attached hydrogens (tertiary/aromatic N) is 1. The number of aromatic amines is 1. The lowest BCUT2D eigenvalue weighted by Gasteiger charge is -2.00. The van der Waals surface area contributed by atoms with Crippen LogP contribution in [0.1, 0.15) is 11.1 Å². The molecule has 0 unspecified atom stereocenters. The molecule has 0 saturated carbocycles. The van der Waals surface area contributed by atoms with Crippen LogP contribution >= 0.6 is 0 Å². The standard InChI is InChI=1S/C18H14N2O2/c1-10-4-6-16-12(7-10)9-13(18(21)22-16)17-19-14-5-3-11(2)8-15(14)20-17/h3-9H,1-2H3,(H,19,20). The summed E-state index contributed by atoms with van der Waals surface area (Å²) < 4.78 is 5.41. The second-order valence-corrected chi connectivity index (χ2v) is 5.59. The summed E-state index contributed by atoms with van der Waals surface area (Å²) in [5.41, 5.74) is 4.67. The average molecular weight is 290 g/mol. The van der Waals surface area contributed by atoms with Crippen LogP contribution in [0.2, 0.25) is 0 Å². The fourth-order valence-electron chi connectivity index (χ4n) is 2.66. The van der Waals surface area contributed by atoms with E-state index < -0.39 is 0 Å². The molecule has 2 aromatic carbocycles. The highest BCUT2D eigenvalue weighted by Gasteiger charge is 2.12. The van der Waals surface area contributed by atoms with E-state index in [9.17, 15) is 4.79 Å². The molecule has 22 heavy (non-hydrogen) atoms. The number of rotatable bonds is 1. The number of fused-ring (bicyclic) bond motifs is 2. The van der Waals surface area contributed by atoms with Crippen LogP contribution in [-0.2, 0) is 0 Å². The molecule has 108 valence electrons. The van der Waals surface area contributed by atoms with E-state index in [4.69, 9.17) is 4.42 Å². The smallest absolute Gasteiger partial charge is 0.347 e. The first kappa shape index (κ1) is 12.8. The third-order valence-corrected chi connectivity index (χ3v) is 3.78. The highest BCUT2D eigenvalue weighted by Crippen LogP contribution is 2.22. The van der Waals surface area contributed by atoms with E-state index in [2.05, 4.69) is 9.97 Å². The first-order chi connectivity index (χ1) is 10.6. The quantitative estimate of drug-likeness (QED) is 0.540. The Kier molecular flexibility index (Phi) is 2.66. The van der Waals surface area contributed by atoms with Gasteiger partial charge in [0.25, 0.3) is 0 Å². The second-order valence-electron chi connectivity index (χ2n) is 5.59. The van der Waals surface area contributed by atoms with Crippen molar-refractivity contribution in [2.45, 2.75) is 13.8 Å². The molecule has 4 heteroatoms. The molecule has 0 radical (unpaired) electrons. The van der Waals surface area contributed by atoms with Crippen LogP contribution in [0, 0.1) is 13.8 Å². The van der Waals surface area contributed by atoms with Crippen LogP contribution in [0.25, 0.3) is 33.4 Å². The molecule has 2 heterocycles. The molecule has 0 amide bonds. The van der Waals surface area contributed by atoms with Crippen LogP contribution < -0.4 is 5.63 Å². The van der Waals surface area contributed by atoms with Gasteiger partial charge in [-0.15, -0.1) is 0 Å². The first-order valence-corrected chi connectivity index (χ1v) is 7.11. The maximum absolute atomic E-state index is 12.2. The number of aryl methyl sites for hydroxylation is 2. The van der Waals surface area contributed by atoms with E-state index in [1.165, 1.54) is 0 Å². The summed E-state index contributed by atoms with van der Waals surface area (Å²) in [6.07, 6.45) is 0. The number of hydrogen-bond donors (Lipinski definition) is 1. The fourth-order valence-corrected chi connectivity index (χ4v) is 2.66. The van der Waals surface area contributed by atoms with E-state index in [0.717, 1.165) is 27.5 Å². The van der Waals surface area contributed by atoms with Gasteiger partial charge in [-0.2, -0.15) is 0 Å². The molecule has 4 rings (SSSR count). The third kappa shape index (κ3) is 2.00. The lowest BCUT2D eigenvalue weighted by Crippen LogP contribution is -2.03.